The zero-order valence-electron chi connectivity index (χ0n) is 31.5. The largest absolute Gasteiger partial charge is 0.444 e. The highest BCUT2D eigenvalue weighted by Crippen LogP contribution is 2.30. The van der Waals surface area contributed by atoms with Crippen molar-refractivity contribution in [1.29, 1.82) is 0 Å². The molecule has 3 heterocycles. The Kier molecular flexibility index (Phi) is 12.0. The van der Waals surface area contributed by atoms with E-state index in [0.29, 0.717) is 39.3 Å². The quantitative estimate of drug-likeness (QED) is 0.138. The molecule has 0 unspecified atom stereocenters. The van der Waals surface area contributed by atoms with Crippen LogP contribution in [0.25, 0.3) is 27.8 Å². The molecule has 12 nitrogen and oxygen atoms in total. The van der Waals surface area contributed by atoms with Gasteiger partial charge in [0.1, 0.15) is 11.4 Å². The zero-order chi connectivity index (χ0) is 37.5. The number of carbonyl (C=O) groups excluding carboxylic acids is 2. The van der Waals surface area contributed by atoms with Gasteiger partial charge in [-0.1, -0.05) is 36.4 Å². The first-order valence-corrected chi connectivity index (χ1v) is 18.6. The van der Waals surface area contributed by atoms with Gasteiger partial charge in [0.15, 0.2) is 0 Å². The maximum absolute atomic E-state index is 14.0. The molecule has 0 saturated carbocycles. The number of methoxy groups -OCH3 is 2. The van der Waals surface area contributed by atoms with E-state index in [1.807, 2.05) is 92.4 Å². The van der Waals surface area contributed by atoms with Crippen molar-refractivity contribution in [3.05, 3.63) is 94.7 Å². The van der Waals surface area contributed by atoms with E-state index < -0.39 is 17.7 Å². The van der Waals surface area contributed by atoms with Gasteiger partial charge in [0.25, 0.3) is 0 Å². The molecule has 1 aliphatic heterocycles. The van der Waals surface area contributed by atoms with Crippen LogP contribution in [-0.4, -0.2) is 87.8 Å². The van der Waals surface area contributed by atoms with E-state index in [0.717, 1.165) is 64.9 Å². The van der Waals surface area contributed by atoms with E-state index >= 15 is 0 Å². The predicted octanol–water partition coefficient (Wildman–Crippen LogP) is 6.06. The number of fused-ring (bicyclic) bond motifs is 2. The summed E-state index contributed by atoms with van der Waals surface area (Å²) in [6.07, 6.45) is 2.63. The molecule has 0 spiro atoms. The Labute approximate surface area is 310 Å². The Hall–Kier alpha value is -4.94. The molecule has 1 N–H and O–H groups in total. The smallest absolute Gasteiger partial charge is 0.407 e. The molecule has 2 atom stereocenters. The maximum atomic E-state index is 14.0. The second kappa shape index (κ2) is 16.8. The number of nitrogens with zero attached hydrogens (tertiary/aromatic N) is 5. The molecule has 3 aromatic carbocycles. The number of aryl methyl sites for hydroxylation is 1. The maximum Gasteiger partial charge on any atom is 0.407 e. The van der Waals surface area contributed by atoms with Gasteiger partial charge >= 0.3 is 11.8 Å². The molecule has 6 rings (SSSR count). The normalized spacial score (nSPS) is 15.6. The zero-order valence-corrected chi connectivity index (χ0v) is 31.5. The van der Waals surface area contributed by atoms with Gasteiger partial charge in [-0.25, -0.2) is 14.6 Å². The van der Waals surface area contributed by atoms with Crippen LogP contribution in [0.4, 0.5) is 4.79 Å². The van der Waals surface area contributed by atoms with Gasteiger partial charge in [0.2, 0.25) is 5.91 Å². The fourth-order valence-electron chi connectivity index (χ4n) is 7.33. The lowest BCUT2D eigenvalue weighted by Gasteiger charge is -2.34. The van der Waals surface area contributed by atoms with Crippen molar-refractivity contribution in [2.24, 2.45) is 0 Å². The summed E-state index contributed by atoms with van der Waals surface area (Å²) in [5.41, 5.74) is 4.51. The number of imidazole rings is 2. The van der Waals surface area contributed by atoms with Crippen molar-refractivity contribution in [3.63, 3.8) is 0 Å². The van der Waals surface area contributed by atoms with E-state index in [2.05, 4.69) is 16.0 Å². The molecular formula is C41H52N6O6. The fraction of sp³-hybridized carbons (Fsp3) is 0.463. The average molecular weight is 725 g/mol. The standard InChI is InChI=1S/C41H52N6O6/c1-41(2,3)53-39(49)42-31(26-29-17-19-32(20-18-29)47-36-16-9-8-15-35(36)46(40(47)50)23-25-52-5)27-37(48)44-21-10-12-30(28-44)38-43-33-13-6-7-14-34(33)45(38)22-11-24-51-4/h6-9,13-20,30-31H,10-12,21-28H2,1-5H3,(H,42,49)/t30-,31-/m1/s1. The number of aromatic nitrogens is 4. The molecule has 1 fully saturated rings. The summed E-state index contributed by atoms with van der Waals surface area (Å²) >= 11 is 0. The van der Waals surface area contributed by atoms with Crippen molar-refractivity contribution in [3.8, 4) is 5.69 Å². The van der Waals surface area contributed by atoms with Crippen molar-refractivity contribution in [2.75, 3.05) is 40.5 Å². The average Bonchev–Trinajstić information content (AvgIpc) is 3.64. The van der Waals surface area contributed by atoms with Crippen LogP contribution in [-0.2, 0) is 38.5 Å². The number of amides is 2. The van der Waals surface area contributed by atoms with Crippen molar-refractivity contribution in [2.45, 2.75) is 83.5 Å². The number of piperidine rings is 1. The SMILES string of the molecule is COCCCn1c([C@@H]2CCCN(C(=O)C[C@@H](Cc3ccc(-n4c(=O)n(CCOC)c5ccccc54)cc3)NC(=O)OC(C)(C)C)C2)nc2ccccc21. The first kappa shape index (κ1) is 37.8. The van der Waals surface area contributed by atoms with Crippen molar-refractivity contribution < 1.29 is 23.8 Å². The summed E-state index contributed by atoms with van der Waals surface area (Å²) in [6, 6.07) is 23.1. The molecule has 1 saturated heterocycles. The highest BCUT2D eigenvalue weighted by atomic mass is 16.6. The molecule has 1 aliphatic rings. The number of carbonyl (C=O) groups is 2. The molecule has 2 amide bonds. The molecule has 282 valence electrons. The number of hydrogen-bond donors (Lipinski definition) is 1. The van der Waals surface area contributed by atoms with Gasteiger partial charge in [-0.2, -0.15) is 0 Å². The van der Waals surface area contributed by atoms with Gasteiger partial charge in [-0.05, 0) is 88.4 Å². The van der Waals surface area contributed by atoms with Crippen LogP contribution >= 0.6 is 0 Å². The second-order valence-electron chi connectivity index (χ2n) is 14.8. The van der Waals surface area contributed by atoms with Gasteiger partial charge < -0.3 is 29.0 Å². The van der Waals surface area contributed by atoms with Gasteiger partial charge in [0, 0.05) is 58.8 Å². The number of alkyl carbamates (subject to hydrolysis) is 1. The number of ether oxygens (including phenoxy) is 3. The molecule has 53 heavy (non-hydrogen) atoms. The third kappa shape index (κ3) is 9.00. The number of rotatable bonds is 14. The topological polar surface area (TPSA) is 122 Å². The molecule has 5 aromatic rings. The minimum Gasteiger partial charge on any atom is -0.444 e. The van der Waals surface area contributed by atoms with Gasteiger partial charge in [-0.15, -0.1) is 0 Å². The summed E-state index contributed by atoms with van der Waals surface area (Å²) in [6.45, 7) is 8.98. The third-order valence-electron chi connectivity index (χ3n) is 9.73. The van der Waals surface area contributed by atoms with Crippen LogP contribution in [0, 0.1) is 0 Å². The van der Waals surface area contributed by atoms with E-state index in [1.54, 1.807) is 23.4 Å². The Morgan fingerprint density at radius 2 is 1.58 bits per heavy atom. The van der Waals surface area contributed by atoms with E-state index in [1.165, 1.54) is 0 Å². The van der Waals surface area contributed by atoms with E-state index in [4.69, 9.17) is 19.2 Å². The molecule has 0 bridgehead atoms. The van der Waals surface area contributed by atoms with Crippen LogP contribution in [0.2, 0.25) is 0 Å². The Bertz CT molecular complexity index is 2070. The van der Waals surface area contributed by atoms with E-state index in [-0.39, 0.29) is 23.9 Å². The van der Waals surface area contributed by atoms with Gasteiger partial charge in [0.05, 0.1) is 40.9 Å². The lowest BCUT2D eigenvalue weighted by Crippen LogP contribution is -2.46. The predicted molar refractivity (Wildman–Crippen MR) is 206 cm³/mol. The number of hydrogen-bond acceptors (Lipinski definition) is 7. The first-order chi connectivity index (χ1) is 25.6. The summed E-state index contributed by atoms with van der Waals surface area (Å²) in [7, 11) is 3.33. The Morgan fingerprint density at radius 3 is 2.30 bits per heavy atom. The lowest BCUT2D eigenvalue weighted by molar-refractivity contribution is -0.133. The number of nitrogens with one attached hydrogen (secondary N) is 1. The number of benzene rings is 3. The second-order valence-corrected chi connectivity index (χ2v) is 14.8. The van der Waals surface area contributed by atoms with Crippen molar-refractivity contribution in [1.82, 2.24) is 28.9 Å². The third-order valence-corrected chi connectivity index (χ3v) is 9.73. The molecule has 12 heteroatoms. The van der Waals surface area contributed by atoms with E-state index in [9.17, 15) is 14.4 Å². The number of likely N-dealkylation sites (tertiary alicyclic amines) is 1. The molecule has 2 aromatic heterocycles. The van der Waals surface area contributed by atoms with Crippen LogP contribution in [0.5, 0.6) is 0 Å². The summed E-state index contributed by atoms with van der Waals surface area (Å²) in [5.74, 6) is 1.07. The summed E-state index contributed by atoms with van der Waals surface area (Å²) in [5, 5.41) is 2.99. The molecule has 0 aliphatic carbocycles. The summed E-state index contributed by atoms with van der Waals surface area (Å²) < 4.78 is 21.9. The van der Waals surface area contributed by atoms with Crippen LogP contribution in [0.15, 0.2) is 77.6 Å². The monoisotopic (exact) mass is 724 g/mol. The molecule has 0 radical (unpaired) electrons. The highest BCUT2D eigenvalue weighted by molar-refractivity contribution is 5.79. The molecular weight excluding hydrogens is 672 g/mol. The van der Waals surface area contributed by atoms with Crippen LogP contribution < -0.4 is 11.0 Å². The van der Waals surface area contributed by atoms with Crippen LogP contribution in [0.1, 0.15) is 63.8 Å². The minimum absolute atomic E-state index is 0.0233. The Balaban J connectivity index is 1.20. The fourth-order valence-corrected chi connectivity index (χ4v) is 7.33. The lowest BCUT2D eigenvalue weighted by atomic mass is 9.95. The van der Waals surface area contributed by atoms with Gasteiger partial charge in [-0.3, -0.25) is 13.9 Å². The minimum atomic E-state index is -0.690. The van der Waals surface area contributed by atoms with Crippen molar-refractivity contribution >= 4 is 34.1 Å². The first-order valence-electron chi connectivity index (χ1n) is 18.6. The van der Waals surface area contributed by atoms with Crippen LogP contribution in [0.3, 0.4) is 0 Å². The Morgan fingerprint density at radius 1 is 0.887 bits per heavy atom. The number of para-hydroxylation sites is 4. The summed E-state index contributed by atoms with van der Waals surface area (Å²) in [4.78, 5) is 47.6. The highest BCUT2D eigenvalue weighted by Gasteiger charge is 2.31.